The molecule has 1 atom stereocenters. The van der Waals surface area contributed by atoms with Crippen LogP contribution in [0.25, 0.3) is 11.1 Å². The Morgan fingerprint density at radius 1 is 1.11 bits per heavy atom. The Morgan fingerprint density at radius 2 is 1.83 bits per heavy atom. The van der Waals surface area contributed by atoms with Crippen LogP contribution < -0.4 is 26.6 Å². The molecule has 2 aliphatic heterocycles. The largest absolute Gasteiger partial charge is 0.497 e. The van der Waals surface area contributed by atoms with Crippen molar-refractivity contribution >= 4 is 35.1 Å². The smallest absolute Gasteiger partial charge is 0.334 e. The van der Waals surface area contributed by atoms with Crippen LogP contribution in [0.5, 0.6) is 5.75 Å². The second kappa shape index (κ2) is 14.0. The first-order valence-electron chi connectivity index (χ1n) is 15.2. The molecule has 0 saturated carbocycles. The van der Waals surface area contributed by atoms with Crippen LogP contribution in [-0.4, -0.2) is 76.1 Å². The van der Waals surface area contributed by atoms with Gasteiger partial charge in [0.15, 0.2) is 0 Å². The van der Waals surface area contributed by atoms with Gasteiger partial charge in [0.25, 0.3) is 5.56 Å². The number of hydrogen-bond donors (Lipinski definition) is 2. The SMILES string of the molecule is COc1ccc2c(c1)CCN(C1CCN(C(=O)Cn3c(F)c(-c4cccc(F)c4Cl)c(=O)n([C@@H](C)CNC(C)=O)c3=O)CC1)C(=O)N2. The number of piperidine rings is 1. The maximum Gasteiger partial charge on any atom is 0.334 e. The van der Waals surface area contributed by atoms with Crippen LogP contribution in [-0.2, 0) is 22.6 Å². The Morgan fingerprint density at radius 3 is 2.51 bits per heavy atom. The predicted octanol–water partition coefficient (Wildman–Crippen LogP) is 3.40. The molecule has 2 N–H and O–H groups in total. The van der Waals surface area contributed by atoms with Crippen LogP contribution in [0.2, 0.25) is 5.02 Å². The van der Waals surface area contributed by atoms with E-state index in [0.29, 0.717) is 41.8 Å². The molecule has 1 aromatic heterocycles. The minimum absolute atomic E-state index is 0.142. The third-order valence-electron chi connectivity index (χ3n) is 8.61. The fraction of sp³-hybridized carbons (Fsp3) is 0.406. The Labute approximate surface area is 273 Å². The van der Waals surface area contributed by atoms with Crippen molar-refractivity contribution in [2.24, 2.45) is 0 Å². The molecule has 1 saturated heterocycles. The molecule has 2 aromatic carbocycles. The topological polar surface area (TPSA) is 135 Å². The van der Waals surface area contributed by atoms with Crippen molar-refractivity contribution in [2.45, 2.75) is 51.7 Å². The summed E-state index contributed by atoms with van der Waals surface area (Å²) in [4.78, 5) is 68.4. The molecule has 3 aromatic rings. The fourth-order valence-electron chi connectivity index (χ4n) is 6.04. The second-order valence-corrected chi connectivity index (χ2v) is 12.0. The van der Waals surface area contributed by atoms with Gasteiger partial charge in [0, 0.05) is 50.4 Å². The first-order chi connectivity index (χ1) is 22.4. The van der Waals surface area contributed by atoms with E-state index in [-0.39, 0.29) is 37.3 Å². The quantitative estimate of drug-likeness (QED) is 0.353. The zero-order valence-corrected chi connectivity index (χ0v) is 26.9. The van der Waals surface area contributed by atoms with Crippen LogP contribution in [0.4, 0.5) is 19.3 Å². The fourth-order valence-corrected chi connectivity index (χ4v) is 6.26. The Kier molecular flexibility index (Phi) is 9.99. The summed E-state index contributed by atoms with van der Waals surface area (Å²) in [7, 11) is 1.58. The van der Waals surface area contributed by atoms with Crippen LogP contribution in [0.1, 0.15) is 38.3 Å². The van der Waals surface area contributed by atoms with Crippen LogP contribution >= 0.6 is 11.6 Å². The highest BCUT2D eigenvalue weighted by atomic mass is 35.5. The molecule has 47 heavy (non-hydrogen) atoms. The molecule has 1 fully saturated rings. The van der Waals surface area contributed by atoms with Crippen molar-refractivity contribution in [3.8, 4) is 16.9 Å². The molecule has 0 unspecified atom stereocenters. The summed E-state index contributed by atoms with van der Waals surface area (Å²) in [5.41, 5.74) is -1.49. The summed E-state index contributed by atoms with van der Waals surface area (Å²) in [6, 6.07) is 7.63. The Bertz CT molecular complexity index is 1840. The zero-order chi connectivity index (χ0) is 34.0. The zero-order valence-electron chi connectivity index (χ0n) is 26.1. The van der Waals surface area contributed by atoms with Crippen molar-refractivity contribution in [3.05, 3.63) is 79.6 Å². The summed E-state index contributed by atoms with van der Waals surface area (Å²) in [5, 5.41) is 4.94. The Balaban J connectivity index is 1.37. The van der Waals surface area contributed by atoms with E-state index in [9.17, 15) is 28.4 Å². The van der Waals surface area contributed by atoms with E-state index >= 15 is 4.39 Å². The monoisotopic (exact) mass is 672 g/mol. The molecule has 2 aliphatic rings. The maximum atomic E-state index is 16.1. The minimum Gasteiger partial charge on any atom is -0.497 e. The molecule has 0 bridgehead atoms. The number of benzene rings is 2. The molecule has 0 spiro atoms. The third-order valence-corrected chi connectivity index (χ3v) is 8.99. The summed E-state index contributed by atoms with van der Waals surface area (Å²) in [6.45, 7) is 2.79. The highest BCUT2D eigenvalue weighted by molar-refractivity contribution is 6.33. The number of halogens is 3. The number of methoxy groups -OCH3 is 1. The number of likely N-dealkylation sites (tertiary alicyclic amines) is 1. The highest BCUT2D eigenvalue weighted by Gasteiger charge is 2.33. The molecule has 0 aliphatic carbocycles. The van der Waals surface area contributed by atoms with Gasteiger partial charge in [0.2, 0.25) is 17.8 Å². The second-order valence-electron chi connectivity index (χ2n) is 11.6. The number of rotatable bonds is 8. The first kappa shape index (κ1) is 33.6. The van der Waals surface area contributed by atoms with Gasteiger partial charge in [-0.1, -0.05) is 23.7 Å². The number of ether oxygens (including phenoxy) is 1. The number of carbonyl (C=O) groups excluding carboxylic acids is 3. The number of amides is 4. The van der Waals surface area contributed by atoms with Gasteiger partial charge in [0.1, 0.15) is 23.7 Å². The van der Waals surface area contributed by atoms with Crippen molar-refractivity contribution in [1.29, 1.82) is 0 Å². The van der Waals surface area contributed by atoms with E-state index in [2.05, 4.69) is 10.6 Å². The van der Waals surface area contributed by atoms with Gasteiger partial charge < -0.3 is 25.2 Å². The summed E-state index contributed by atoms with van der Waals surface area (Å²) >= 11 is 6.12. The first-order valence-corrected chi connectivity index (χ1v) is 15.5. The van der Waals surface area contributed by atoms with Gasteiger partial charge in [-0.25, -0.2) is 14.0 Å². The van der Waals surface area contributed by atoms with Crippen molar-refractivity contribution in [2.75, 3.05) is 38.6 Å². The van der Waals surface area contributed by atoms with E-state index in [4.69, 9.17) is 16.3 Å². The summed E-state index contributed by atoms with van der Waals surface area (Å²) in [6.07, 6.45) is 1.52. The van der Waals surface area contributed by atoms with Crippen LogP contribution in [0.15, 0.2) is 46.0 Å². The molecule has 3 heterocycles. The number of carbonyl (C=O) groups is 3. The number of hydrogen-bond acceptors (Lipinski definition) is 6. The average molecular weight is 673 g/mol. The third kappa shape index (κ3) is 6.87. The summed E-state index contributed by atoms with van der Waals surface area (Å²) < 4.78 is 37.0. The van der Waals surface area contributed by atoms with Crippen molar-refractivity contribution in [1.82, 2.24) is 24.3 Å². The van der Waals surface area contributed by atoms with E-state index in [1.807, 2.05) is 6.07 Å². The molecule has 4 amide bonds. The number of fused-ring (bicyclic) bond motifs is 1. The molecule has 0 radical (unpaired) electrons. The van der Waals surface area contributed by atoms with E-state index in [0.717, 1.165) is 16.2 Å². The van der Waals surface area contributed by atoms with Crippen molar-refractivity contribution in [3.63, 3.8) is 0 Å². The number of anilines is 1. The lowest BCUT2D eigenvalue weighted by atomic mass is 10.0. The highest BCUT2D eigenvalue weighted by Crippen LogP contribution is 2.30. The van der Waals surface area contributed by atoms with Gasteiger partial charge in [-0.05, 0) is 56.0 Å². The standard InChI is InChI=1S/C32H35ClF2N6O6/c1-18(16-36-19(2)42)41-30(44)27(23-5-4-6-24(34)28(23)33)29(35)40(32(41)46)17-26(43)38-12-10-21(11-13-38)39-14-9-20-15-22(47-3)7-8-25(20)37-31(39)45/h4-8,15,18,21H,9-14,16-17H2,1-3H3,(H,36,42)(H,37,45)/t18-/m0/s1. The van der Waals surface area contributed by atoms with E-state index < -0.39 is 58.0 Å². The van der Waals surface area contributed by atoms with Gasteiger partial charge in [-0.2, -0.15) is 4.39 Å². The molecule has 250 valence electrons. The molecule has 12 nitrogen and oxygen atoms in total. The number of aromatic nitrogens is 2. The molecule has 15 heteroatoms. The van der Waals surface area contributed by atoms with Crippen LogP contribution in [0, 0.1) is 11.8 Å². The lowest BCUT2D eigenvalue weighted by molar-refractivity contribution is -0.133. The predicted molar refractivity (Wildman–Crippen MR) is 171 cm³/mol. The number of nitrogens with zero attached hydrogens (tertiary/aromatic N) is 4. The van der Waals surface area contributed by atoms with E-state index in [1.54, 1.807) is 24.1 Å². The van der Waals surface area contributed by atoms with Gasteiger partial charge in [-0.15, -0.1) is 0 Å². The van der Waals surface area contributed by atoms with Gasteiger partial charge in [0.05, 0.1) is 18.2 Å². The van der Waals surface area contributed by atoms with Gasteiger partial charge >= 0.3 is 11.7 Å². The Hall–Kier alpha value is -4.72. The molecule has 5 rings (SSSR count). The van der Waals surface area contributed by atoms with E-state index in [1.165, 1.54) is 30.9 Å². The lowest BCUT2D eigenvalue weighted by Crippen LogP contribution is -2.51. The van der Waals surface area contributed by atoms with Crippen molar-refractivity contribution < 1.29 is 27.9 Å². The number of urea groups is 1. The average Bonchev–Trinajstić information content (AvgIpc) is 3.21. The normalized spacial score (nSPS) is 15.8. The molecular formula is C32H35ClF2N6O6. The minimum atomic E-state index is -1.34. The van der Waals surface area contributed by atoms with Gasteiger partial charge in [-0.3, -0.25) is 23.5 Å². The summed E-state index contributed by atoms with van der Waals surface area (Å²) in [5.74, 6) is -2.55. The maximum absolute atomic E-state index is 16.1. The number of nitrogens with one attached hydrogen (secondary N) is 2. The molecular weight excluding hydrogens is 638 g/mol. The lowest BCUT2D eigenvalue weighted by Gasteiger charge is -2.38. The van der Waals surface area contributed by atoms with Crippen LogP contribution in [0.3, 0.4) is 0 Å².